The minimum atomic E-state index is -0.747. The summed E-state index contributed by atoms with van der Waals surface area (Å²) in [6.45, 7) is 6.22. The molecule has 0 heterocycles. The van der Waals surface area contributed by atoms with E-state index in [9.17, 15) is 14.0 Å². The van der Waals surface area contributed by atoms with Gasteiger partial charge < -0.3 is 15.0 Å². The molecule has 0 radical (unpaired) electrons. The fraction of sp³-hybridized carbons (Fsp3) is 0.286. The van der Waals surface area contributed by atoms with Crippen molar-refractivity contribution >= 4 is 11.8 Å². The third kappa shape index (κ3) is 6.91. The van der Waals surface area contributed by atoms with Gasteiger partial charge in [-0.2, -0.15) is 0 Å². The number of likely N-dealkylation sites (N-methyl/N-ethyl adjacent to an activating group) is 1. The number of amides is 2. The van der Waals surface area contributed by atoms with Crippen LogP contribution in [0, 0.1) is 19.7 Å². The van der Waals surface area contributed by atoms with Gasteiger partial charge in [-0.3, -0.25) is 9.59 Å². The molecule has 0 spiro atoms. The Morgan fingerprint density at radius 2 is 1.65 bits per heavy atom. The van der Waals surface area contributed by atoms with Crippen LogP contribution in [0.5, 0.6) is 5.75 Å². The average Bonchev–Trinajstić information content (AvgIpc) is 2.84. The van der Waals surface area contributed by atoms with E-state index in [0.29, 0.717) is 18.7 Å². The second kappa shape index (κ2) is 12.0. The zero-order valence-electron chi connectivity index (χ0n) is 19.9. The van der Waals surface area contributed by atoms with Gasteiger partial charge in [-0.15, -0.1) is 0 Å². The molecule has 0 aliphatic carbocycles. The van der Waals surface area contributed by atoms with Gasteiger partial charge in [0.15, 0.2) is 6.61 Å². The van der Waals surface area contributed by atoms with E-state index in [-0.39, 0.29) is 30.8 Å². The normalized spacial score (nSPS) is 11.5. The van der Waals surface area contributed by atoms with Gasteiger partial charge in [0.05, 0.1) is 0 Å². The predicted molar refractivity (Wildman–Crippen MR) is 131 cm³/mol. The van der Waals surface area contributed by atoms with Crippen molar-refractivity contribution in [3.8, 4) is 5.75 Å². The lowest BCUT2D eigenvalue weighted by Gasteiger charge is -2.31. The number of carbonyl (C=O) groups is 2. The number of nitrogens with zero attached hydrogens (tertiary/aromatic N) is 1. The summed E-state index contributed by atoms with van der Waals surface area (Å²) in [5.74, 6) is -0.331. The van der Waals surface area contributed by atoms with Gasteiger partial charge in [0.25, 0.3) is 5.91 Å². The zero-order chi connectivity index (χ0) is 24.5. The molecule has 1 N–H and O–H groups in total. The Bertz CT molecular complexity index is 1100. The van der Waals surface area contributed by atoms with Crippen molar-refractivity contribution in [3.63, 3.8) is 0 Å². The third-order valence-electron chi connectivity index (χ3n) is 5.73. The van der Waals surface area contributed by atoms with Crippen molar-refractivity contribution in [2.24, 2.45) is 0 Å². The van der Waals surface area contributed by atoms with Crippen LogP contribution in [0.1, 0.15) is 29.2 Å². The molecule has 3 rings (SSSR count). The predicted octanol–water partition coefficient (Wildman–Crippen LogP) is 4.60. The van der Waals surface area contributed by atoms with Crippen molar-refractivity contribution in [2.75, 3.05) is 13.2 Å². The SMILES string of the molecule is CCNC(=O)[C@H](Cc1ccccc1)N(Cc1ccc(F)cc1)C(=O)COc1ccc(C)c(C)c1. The highest BCUT2D eigenvalue weighted by Gasteiger charge is 2.30. The van der Waals surface area contributed by atoms with Crippen LogP contribution in [0.25, 0.3) is 0 Å². The summed E-state index contributed by atoms with van der Waals surface area (Å²) in [5.41, 5.74) is 3.86. The van der Waals surface area contributed by atoms with Crippen LogP contribution < -0.4 is 10.1 Å². The quantitative estimate of drug-likeness (QED) is 0.479. The lowest BCUT2D eigenvalue weighted by molar-refractivity contribution is -0.142. The summed E-state index contributed by atoms with van der Waals surface area (Å²) in [6, 6.07) is 20.4. The molecular weight excluding hydrogens is 431 g/mol. The molecule has 34 heavy (non-hydrogen) atoms. The highest BCUT2D eigenvalue weighted by Crippen LogP contribution is 2.19. The molecule has 0 saturated carbocycles. The number of carbonyl (C=O) groups excluding carboxylic acids is 2. The first-order valence-corrected chi connectivity index (χ1v) is 11.4. The fourth-order valence-electron chi connectivity index (χ4n) is 3.66. The van der Waals surface area contributed by atoms with E-state index in [2.05, 4.69) is 5.32 Å². The Kier molecular flexibility index (Phi) is 8.79. The van der Waals surface area contributed by atoms with E-state index in [1.165, 1.54) is 17.0 Å². The fourth-order valence-corrected chi connectivity index (χ4v) is 3.66. The van der Waals surface area contributed by atoms with E-state index in [0.717, 1.165) is 22.3 Å². The molecule has 0 aliphatic heterocycles. The van der Waals surface area contributed by atoms with Crippen LogP contribution >= 0.6 is 0 Å². The molecule has 1 atom stereocenters. The van der Waals surface area contributed by atoms with Crippen molar-refractivity contribution in [3.05, 3.63) is 101 Å². The van der Waals surface area contributed by atoms with Crippen LogP contribution in [0.2, 0.25) is 0 Å². The first-order chi connectivity index (χ1) is 16.4. The molecule has 0 bridgehead atoms. The topological polar surface area (TPSA) is 58.6 Å². The van der Waals surface area contributed by atoms with Gasteiger partial charge in [-0.05, 0) is 67.3 Å². The van der Waals surface area contributed by atoms with Gasteiger partial charge >= 0.3 is 0 Å². The molecular formula is C28H31FN2O3. The number of aryl methyl sites for hydroxylation is 2. The molecule has 0 saturated heterocycles. The van der Waals surface area contributed by atoms with E-state index < -0.39 is 6.04 Å². The lowest BCUT2D eigenvalue weighted by Crippen LogP contribution is -2.51. The molecule has 0 unspecified atom stereocenters. The van der Waals surface area contributed by atoms with Crippen LogP contribution in [-0.4, -0.2) is 35.9 Å². The number of halogens is 1. The minimum Gasteiger partial charge on any atom is -0.484 e. The van der Waals surface area contributed by atoms with Gasteiger partial charge in [0.2, 0.25) is 5.91 Å². The Balaban J connectivity index is 1.88. The van der Waals surface area contributed by atoms with E-state index in [1.54, 1.807) is 12.1 Å². The average molecular weight is 463 g/mol. The van der Waals surface area contributed by atoms with Crippen molar-refractivity contribution < 1.29 is 18.7 Å². The molecule has 3 aromatic rings. The maximum Gasteiger partial charge on any atom is 0.261 e. The van der Waals surface area contributed by atoms with E-state index >= 15 is 0 Å². The smallest absolute Gasteiger partial charge is 0.261 e. The number of ether oxygens (including phenoxy) is 1. The molecule has 3 aromatic carbocycles. The summed E-state index contributed by atoms with van der Waals surface area (Å²) in [4.78, 5) is 28.0. The van der Waals surface area contributed by atoms with Crippen LogP contribution in [0.4, 0.5) is 4.39 Å². The Morgan fingerprint density at radius 1 is 0.941 bits per heavy atom. The number of hydrogen-bond acceptors (Lipinski definition) is 3. The van der Waals surface area contributed by atoms with E-state index in [1.807, 2.05) is 69.3 Å². The Labute approximate surface area is 200 Å². The second-order valence-electron chi connectivity index (χ2n) is 8.28. The third-order valence-corrected chi connectivity index (χ3v) is 5.73. The molecule has 0 fully saturated rings. The number of nitrogens with one attached hydrogen (secondary N) is 1. The number of rotatable bonds is 10. The van der Waals surface area contributed by atoms with Crippen molar-refractivity contribution in [2.45, 2.75) is 39.8 Å². The summed E-state index contributed by atoms with van der Waals surface area (Å²) in [6.07, 6.45) is 0.350. The van der Waals surface area contributed by atoms with Gasteiger partial charge in [0.1, 0.15) is 17.6 Å². The zero-order valence-corrected chi connectivity index (χ0v) is 19.9. The summed E-state index contributed by atoms with van der Waals surface area (Å²) < 4.78 is 19.3. The minimum absolute atomic E-state index is 0.157. The molecule has 178 valence electrons. The second-order valence-corrected chi connectivity index (χ2v) is 8.28. The first kappa shape index (κ1) is 25.0. The number of hydrogen-bond donors (Lipinski definition) is 1. The molecule has 6 heteroatoms. The van der Waals surface area contributed by atoms with Crippen molar-refractivity contribution in [1.29, 1.82) is 0 Å². The highest BCUT2D eigenvalue weighted by atomic mass is 19.1. The van der Waals surface area contributed by atoms with Crippen LogP contribution in [-0.2, 0) is 22.6 Å². The summed E-state index contributed by atoms with van der Waals surface area (Å²) in [7, 11) is 0. The summed E-state index contributed by atoms with van der Waals surface area (Å²) in [5, 5.41) is 2.85. The van der Waals surface area contributed by atoms with Gasteiger partial charge in [0, 0.05) is 19.5 Å². The molecule has 0 aliphatic rings. The molecule has 2 amide bonds. The van der Waals surface area contributed by atoms with Crippen LogP contribution in [0.15, 0.2) is 72.8 Å². The number of benzene rings is 3. The standard InChI is InChI=1S/C28H31FN2O3/c1-4-30-28(33)26(17-22-8-6-5-7-9-22)31(18-23-11-13-24(29)14-12-23)27(32)19-34-25-15-10-20(2)21(3)16-25/h5-16,26H,4,17-19H2,1-3H3,(H,30,33)/t26-/m0/s1. The Morgan fingerprint density at radius 3 is 2.29 bits per heavy atom. The molecule has 0 aromatic heterocycles. The van der Waals surface area contributed by atoms with Gasteiger partial charge in [-0.1, -0.05) is 48.5 Å². The maximum atomic E-state index is 13.5. The molecule has 5 nitrogen and oxygen atoms in total. The maximum absolute atomic E-state index is 13.5. The monoisotopic (exact) mass is 462 g/mol. The largest absolute Gasteiger partial charge is 0.484 e. The highest BCUT2D eigenvalue weighted by molar-refractivity contribution is 5.88. The summed E-state index contributed by atoms with van der Waals surface area (Å²) >= 11 is 0. The van der Waals surface area contributed by atoms with E-state index in [4.69, 9.17) is 4.74 Å². The lowest BCUT2D eigenvalue weighted by atomic mass is 10.0. The Hall–Kier alpha value is -3.67. The van der Waals surface area contributed by atoms with Gasteiger partial charge in [-0.25, -0.2) is 4.39 Å². The van der Waals surface area contributed by atoms with Crippen molar-refractivity contribution in [1.82, 2.24) is 10.2 Å². The first-order valence-electron chi connectivity index (χ1n) is 11.4. The van der Waals surface area contributed by atoms with Crippen LogP contribution in [0.3, 0.4) is 0 Å².